The van der Waals surface area contributed by atoms with Crippen molar-refractivity contribution < 1.29 is 13.2 Å². The number of urea groups is 1. The lowest BCUT2D eigenvalue weighted by Gasteiger charge is -2.12. The van der Waals surface area contributed by atoms with E-state index in [1.165, 1.54) is 11.0 Å². The Balaban J connectivity index is 1.99. The zero-order valence-corrected chi connectivity index (χ0v) is 13.5. The Hall–Kier alpha value is -2.53. The van der Waals surface area contributed by atoms with Crippen molar-refractivity contribution in [3.05, 3.63) is 30.1 Å². The maximum Gasteiger partial charge on any atom is 0.319 e. The molecule has 3 N–H and O–H groups in total. The van der Waals surface area contributed by atoms with E-state index in [0.717, 1.165) is 11.8 Å². The van der Waals surface area contributed by atoms with Crippen LogP contribution in [0, 0.1) is 6.92 Å². The van der Waals surface area contributed by atoms with E-state index in [2.05, 4.69) is 30.9 Å². The molecule has 0 unspecified atom stereocenters. The SMILES string of the molecule is Cc1ccc(-n2cnnn2)c(NC(=O)NCCNS(C)(=O)=O)c1. The second kappa shape index (κ2) is 7.15. The normalized spacial score (nSPS) is 11.2. The van der Waals surface area contributed by atoms with Crippen LogP contribution in [0.2, 0.25) is 0 Å². The van der Waals surface area contributed by atoms with Gasteiger partial charge in [0.05, 0.1) is 17.6 Å². The molecule has 10 nitrogen and oxygen atoms in total. The van der Waals surface area contributed by atoms with Crippen molar-refractivity contribution in [3.8, 4) is 5.69 Å². The molecule has 0 spiro atoms. The van der Waals surface area contributed by atoms with E-state index in [1.807, 2.05) is 13.0 Å². The van der Waals surface area contributed by atoms with Gasteiger partial charge in [-0.1, -0.05) is 6.07 Å². The number of amides is 2. The van der Waals surface area contributed by atoms with Crippen LogP contribution in [0.4, 0.5) is 10.5 Å². The Morgan fingerprint density at radius 3 is 2.74 bits per heavy atom. The number of aromatic nitrogens is 4. The summed E-state index contributed by atoms with van der Waals surface area (Å²) in [7, 11) is -3.27. The van der Waals surface area contributed by atoms with Crippen LogP contribution < -0.4 is 15.4 Å². The van der Waals surface area contributed by atoms with E-state index in [1.54, 1.807) is 12.1 Å². The monoisotopic (exact) mass is 339 g/mol. The van der Waals surface area contributed by atoms with Crippen LogP contribution in [-0.4, -0.2) is 54.0 Å². The number of hydrogen-bond acceptors (Lipinski definition) is 6. The van der Waals surface area contributed by atoms with E-state index in [9.17, 15) is 13.2 Å². The molecule has 0 bridgehead atoms. The maximum atomic E-state index is 11.9. The fourth-order valence-corrected chi connectivity index (χ4v) is 2.27. The number of sulfonamides is 1. The number of nitrogens with zero attached hydrogens (tertiary/aromatic N) is 4. The van der Waals surface area contributed by atoms with E-state index in [4.69, 9.17) is 0 Å². The Kier molecular flexibility index (Phi) is 5.24. The van der Waals surface area contributed by atoms with Crippen molar-refractivity contribution in [1.82, 2.24) is 30.2 Å². The molecule has 1 aromatic heterocycles. The highest BCUT2D eigenvalue weighted by Crippen LogP contribution is 2.20. The number of carbonyl (C=O) groups excluding carboxylic acids is 1. The summed E-state index contributed by atoms with van der Waals surface area (Å²) in [5.74, 6) is 0. The lowest BCUT2D eigenvalue weighted by atomic mass is 10.2. The quantitative estimate of drug-likeness (QED) is 0.616. The molecule has 1 aromatic carbocycles. The number of benzene rings is 1. The largest absolute Gasteiger partial charge is 0.337 e. The number of tetrazole rings is 1. The van der Waals surface area contributed by atoms with Gasteiger partial charge in [0.2, 0.25) is 10.0 Å². The van der Waals surface area contributed by atoms with Crippen LogP contribution in [0.1, 0.15) is 5.56 Å². The van der Waals surface area contributed by atoms with Crippen molar-refractivity contribution in [2.75, 3.05) is 24.7 Å². The van der Waals surface area contributed by atoms with Gasteiger partial charge in [-0.05, 0) is 35.0 Å². The summed E-state index contributed by atoms with van der Waals surface area (Å²) >= 11 is 0. The molecule has 0 aliphatic rings. The van der Waals surface area contributed by atoms with Gasteiger partial charge in [0.15, 0.2) is 0 Å². The zero-order chi connectivity index (χ0) is 16.9. The molecule has 0 radical (unpaired) electrons. The van der Waals surface area contributed by atoms with Gasteiger partial charge in [-0.3, -0.25) is 0 Å². The topological polar surface area (TPSA) is 131 Å². The first-order chi connectivity index (χ1) is 10.8. The molecule has 0 saturated carbocycles. The van der Waals surface area contributed by atoms with Gasteiger partial charge in [0.25, 0.3) is 0 Å². The number of rotatable bonds is 6. The lowest BCUT2D eigenvalue weighted by molar-refractivity contribution is 0.252. The van der Waals surface area contributed by atoms with Gasteiger partial charge >= 0.3 is 6.03 Å². The van der Waals surface area contributed by atoms with Gasteiger partial charge in [-0.2, -0.15) is 4.68 Å². The molecule has 124 valence electrons. The first-order valence-corrected chi connectivity index (χ1v) is 8.58. The van der Waals surface area contributed by atoms with Crippen LogP contribution in [-0.2, 0) is 10.0 Å². The molecular weight excluding hydrogens is 322 g/mol. The van der Waals surface area contributed by atoms with Crippen LogP contribution in [0.15, 0.2) is 24.5 Å². The minimum Gasteiger partial charge on any atom is -0.337 e. The standard InChI is InChI=1S/C12H17N7O3S/c1-9-3-4-11(19-8-14-17-18-19)10(7-9)16-12(20)13-5-6-15-23(2,21)22/h3-4,7-8,15H,5-6H2,1-2H3,(H2,13,16,20). The fourth-order valence-electron chi connectivity index (χ4n) is 1.80. The third kappa shape index (κ3) is 5.30. The van der Waals surface area contributed by atoms with E-state index >= 15 is 0 Å². The van der Waals surface area contributed by atoms with E-state index in [0.29, 0.717) is 11.4 Å². The first-order valence-electron chi connectivity index (χ1n) is 6.68. The molecular formula is C12H17N7O3S. The highest BCUT2D eigenvalue weighted by molar-refractivity contribution is 7.88. The highest BCUT2D eigenvalue weighted by atomic mass is 32.2. The fraction of sp³-hybridized carbons (Fsp3) is 0.333. The van der Waals surface area contributed by atoms with Gasteiger partial charge < -0.3 is 10.6 Å². The van der Waals surface area contributed by atoms with E-state index in [-0.39, 0.29) is 13.1 Å². The second-order valence-corrected chi connectivity index (χ2v) is 6.66. The lowest BCUT2D eigenvalue weighted by Crippen LogP contribution is -2.36. The van der Waals surface area contributed by atoms with Crippen LogP contribution in [0.5, 0.6) is 0 Å². The predicted octanol–water partition coefficient (Wildman–Crippen LogP) is -0.359. The van der Waals surface area contributed by atoms with Crippen LogP contribution >= 0.6 is 0 Å². The zero-order valence-electron chi connectivity index (χ0n) is 12.6. The number of aryl methyl sites for hydroxylation is 1. The summed E-state index contributed by atoms with van der Waals surface area (Å²) < 4.78 is 25.6. The molecule has 2 rings (SSSR count). The summed E-state index contributed by atoms with van der Waals surface area (Å²) in [6.45, 7) is 2.16. The summed E-state index contributed by atoms with van der Waals surface area (Å²) in [6.07, 6.45) is 2.47. The van der Waals surface area contributed by atoms with Crippen LogP contribution in [0.3, 0.4) is 0 Å². The minimum atomic E-state index is -3.27. The summed E-state index contributed by atoms with van der Waals surface area (Å²) in [4.78, 5) is 11.9. The predicted molar refractivity (Wildman–Crippen MR) is 83.8 cm³/mol. The first kappa shape index (κ1) is 16.8. The Morgan fingerprint density at radius 2 is 2.09 bits per heavy atom. The molecule has 0 saturated heterocycles. The third-order valence-electron chi connectivity index (χ3n) is 2.77. The van der Waals surface area contributed by atoms with Crippen molar-refractivity contribution in [2.45, 2.75) is 6.92 Å². The molecule has 1 heterocycles. The van der Waals surface area contributed by atoms with Crippen molar-refractivity contribution in [2.24, 2.45) is 0 Å². The van der Waals surface area contributed by atoms with Gasteiger partial charge in [0, 0.05) is 13.1 Å². The van der Waals surface area contributed by atoms with Crippen molar-refractivity contribution >= 4 is 21.7 Å². The summed E-state index contributed by atoms with van der Waals surface area (Å²) in [5, 5.41) is 16.2. The van der Waals surface area contributed by atoms with Crippen molar-refractivity contribution in [3.63, 3.8) is 0 Å². The summed E-state index contributed by atoms with van der Waals surface area (Å²) in [6, 6.07) is 4.98. The molecule has 2 aromatic rings. The molecule has 11 heteroatoms. The van der Waals surface area contributed by atoms with Crippen molar-refractivity contribution in [1.29, 1.82) is 0 Å². The third-order valence-corrected chi connectivity index (χ3v) is 3.50. The number of nitrogens with one attached hydrogen (secondary N) is 3. The second-order valence-electron chi connectivity index (χ2n) is 4.82. The molecule has 0 aliphatic carbocycles. The maximum absolute atomic E-state index is 11.9. The van der Waals surface area contributed by atoms with Crippen LogP contribution in [0.25, 0.3) is 5.69 Å². The number of anilines is 1. The Bertz CT molecular complexity index is 774. The molecule has 23 heavy (non-hydrogen) atoms. The highest BCUT2D eigenvalue weighted by Gasteiger charge is 2.10. The Morgan fingerprint density at radius 1 is 1.30 bits per heavy atom. The number of hydrogen-bond donors (Lipinski definition) is 3. The van der Waals surface area contributed by atoms with Gasteiger partial charge in [-0.25, -0.2) is 17.9 Å². The average Bonchev–Trinajstić information content (AvgIpc) is 2.97. The molecule has 2 amide bonds. The number of carbonyl (C=O) groups is 1. The van der Waals surface area contributed by atoms with Gasteiger partial charge in [-0.15, -0.1) is 5.10 Å². The molecule has 0 aliphatic heterocycles. The van der Waals surface area contributed by atoms with E-state index < -0.39 is 16.1 Å². The Labute approximate surface area is 133 Å². The molecule has 0 atom stereocenters. The van der Waals surface area contributed by atoms with Gasteiger partial charge in [0.1, 0.15) is 6.33 Å². The minimum absolute atomic E-state index is 0.111. The summed E-state index contributed by atoms with van der Waals surface area (Å²) in [5.41, 5.74) is 2.10. The smallest absolute Gasteiger partial charge is 0.319 e. The molecule has 0 fully saturated rings. The average molecular weight is 339 g/mol.